The molecule has 0 aliphatic carbocycles. The maximum absolute atomic E-state index is 12.9. The molecule has 24 heavy (non-hydrogen) atoms. The minimum atomic E-state index is -0.207. The fraction of sp³-hybridized carbons (Fsp3) is 0.556. The van der Waals surface area contributed by atoms with E-state index in [4.69, 9.17) is 5.73 Å². The van der Waals surface area contributed by atoms with Crippen molar-refractivity contribution in [1.82, 2.24) is 5.43 Å². The number of nitrogens with one attached hydrogen (secondary N) is 2. The Hall–Kier alpha value is -2.08. The Labute approximate surface area is 143 Å². The lowest BCUT2D eigenvalue weighted by molar-refractivity contribution is -0.121. The average molecular weight is 329 g/mol. The third-order valence-corrected chi connectivity index (χ3v) is 4.72. The van der Waals surface area contributed by atoms with Gasteiger partial charge in [0.05, 0.1) is 17.4 Å². The second-order valence-corrected chi connectivity index (χ2v) is 6.54. The van der Waals surface area contributed by atoms with Crippen LogP contribution in [0.5, 0.6) is 0 Å². The zero-order valence-electron chi connectivity index (χ0n) is 14.5. The second kappa shape index (κ2) is 7.21. The van der Waals surface area contributed by atoms with Gasteiger partial charge < -0.3 is 21.4 Å². The summed E-state index contributed by atoms with van der Waals surface area (Å²) >= 11 is 0. The van der Waals surface area contributed by atoms with E-state index in [2.05, 4.69) is 28.8 Å². The number of nitrogens with zero attached hydrogens (tertiary/aromatic N) is 2. The minimum absolute atomic E-state index is 0.0257. The Morgan fingerprint density at radius 2 is 2.21 bits per heavy atom. The Kier molecular flexibility index (Phi) is 5.04. The van der Waals surface area contributed by atoms with Crippen molar-refractivity contribution in [2.45, 2.75) is 39.2 Å². The summed E-state index contributed by atoms with van der Waals surface area (Å²) in [6.45, 7) is 6.38. The van der Waals surface area contributed by atoms with Gasteiger partial charge in [0.1, 0.15) is 5.92 Å². The molecular weight excluding hydrogens is 302 g/mol. The Bertz CT molecular complexity index is 642. The summed E-state index contributed by atoms with van der Waals surface area (Å²) < 4.78 is 0. The Morgan fingerprint density at radius 3 is 2.96 bits per heavy atom. The van der Waals surface area contributed by atoms with Crippen molar-refractivity contribution in [3.63, 3.8) is 0 Å². The number of amides is 1. The van der Waals surface area contributed by atoms with Crippen molar-refractivity contribution in [3.8, 4) is 0 Å². The van der Waals surface area contributed by atoms with Crippen LogP contribution >= 0.6 is 0 Å². The summed E-state index contributed by atoms with van der Waals surface area (Å²) in [6, 6.07) is 6.22. The van der Waals surface area contributed by atoms with E-state index in [0.29, 0.717) is 13.1 Å². The molecule has 0 fully saturated rings. The highest BCUT2D eigenvalue weighted by molar-refractivity contribution is 6.25. The summed E-state index contributed by atoms with van der Waals surface area (Å²) in [5.74, 6) is -0.0833. The van der Waals surface area contributed by atoms with Gasteiger partial charge in [0.25, 0.3) is 0 Å². The molecule has 0 aromatic heterocycles. The second-order valence-electron chi connectivity index (χ2n) is 6.54. The number of carbonyl (C=O) groups excluding carboxylic acids is 1. The summed E-state index contributed by atoms with van der Waals surface area (Å²) in [7, 11) is 0. The molecule has 2 atom stereocenters. The van der Waals surface area contributed by atoms with E-state index in [9.17, 15) is 4.79 Å². The van der Waals surface area contributed by atoms with Gasteiger partial charge in [0.15, 0.2) is 0 Å². The maximum Gasteiger partial charge on any atom is 0.238 e. The predicted molar refractivity (Wildman–Crippen MR) is 98.5 cm³/mol. The molecule has 2 aliphatic heterocycles. The fourth-order valence-corrected chi connectivity index (χ4v) is 3.37. The fourth-order valence-electron chi connectivity index (χ4n) is 3.37. The van der Waals surface area contributed by atoms with Crippen molar-refractivity contribution in [2.24, 2.45) is 16.8 Å². The van der Waals surface area contributed by atoms with Crippen molar-refractivity contribution in [2.75, 3.05) is 29.9 Å². The van der Waals surface area contributed by atoms with Crippen molar-refractivity contribution in [3.05, 3.63) is 23.8 Å². The molecule has 0 spiro atoms. The summed E-state index contributed by atoms with van der Waals surface area (Å²) in [6.07, 6.45) is 3.10. The SMILES string of the molecule is CCCCNc1ccc2c(c1)C1=NNC(C)C1C(=O)N2CCCN. The largest absolute Gasteiger partial charge is 0.385 e. The van der Waals surface area contributed by atoms with E-state index in [1.165, 1.54) is 0 Å². The van der Waals surface area contributed by atoms with Crippen molar-refractivity contribution >= 4 is 23.0 Å². The predicted octanol–water partition coefficient (Wildman–Crippen LogP) is 1.91. The van der Waals surface area contributed by atoms with Crippen LogP contribution in [-0.2, 0) is 4.79 Å². The molecular formula is C18H27N5O. The molecule has 1 amide bonds. The average Bonchev–Trinajstić information content (AvgIpc) is 2.97. The molecule has 1 aromatic carbocycles. The molecule has 3 rings (SSSR count). The minimum Gasteiger partial charge on any atom is -0.385 e. The topological polar surface area (TPSA) is 82.8 Å². The molecule has 6 heteroatoms. The number of benzene rings is 1. The monoisotopic (exact) mass is 329 g/mol. The number of anilines is 2. The van der Waals surface area contributed by atoms with E-state index in [-0.39, 0.29) is 17.9 Å². The molecule has 4 N–H and O–H groups in total. The first kappa shape index (κ1) is 16.8. The van der Waals surface area contributed by atoms with Crippen LogP contribution in [-0.4, -0.2) is 37.3 Å². The molecule has 0 saturated heterocycles. The third-order valence-electron chi connectivity index (χ3n) is 4.72. The zero-order valence-corrected chi connectivity index (χ0v) is 14.5. The van der Waals surface area contributed by atoms with E-state index in [1.54, 1.807) is 0 Å². The number of rotatable bonds is 7. The van der Waals surface area contributed by atoms with Gasteiger partial charge in [0, 0.05) is 24.3 Å². The van der Waals surface area contributed by atoms with Crippen LogP contribution in [0.1, 0.15) is 38.7 Å². The van der Waals surface area contributed by atoms with E-state index >= 15 is 0 Å². The van der Waals surface area contributed by atoms with Gasteiger partial charge in [0.2, 0.25) is 5.91 Å². The van der Waals surface area contributed by atoms with Gasteiger partial charge in [-0.1, -0.05) is 13.3 Å². The summed E-state index contributed by atoms with van der Waals surface area (Å²) in [5.41, 5.74) is 12.7. The van der Waals surface area contributed by atoms with E-state index in [1.807, 2.05) is 24.0 Å². The van der Waals surface area contributed by atoms with Crippen LogP contribution in [0.3, 0.4) is 0 Å². The first-order valence-corrected chi connectivity index (χ1v) is 8.90. The molecule has 1 aromatic rings. The van der Waals surface area contributed by atoms with Crippen LogP contribution in [0, 0.1) is 5.92 Å². The highest BCUT2D eigenvalue weighted by atomic mass is 16.2. The molecule has 2 heterocycles. The molecule has 0 bridgehead atoms. The highest BCUT2D eigenvalue weighted by Crippen LogP contribution is 2.36. The van der Waals surface area contributed by atoms with Gasteiger partial charge in [-0.05, 0) is 44.5 Å². The van der Waals surface area contributed by atoms with Crippen molar-refractivity contribution < 1.29 is 4.79 Å². The number of unbranched alkanes of at least 4 members (excludes halogenated alkanes) is 1. The first-order valence-electron chi connectivity index (χ1n) is 8.90. The van der Waals surface area contributed by atoms with Crippen LogP contribution in [0.25, 0.3) is 0 Å². The molecule has 0 radical (unpaired) electrons. The van der Waals surface area contributed by atoms with E-state index < -0.39 is 0 Å². The smallest absolute Gasteiger partial charge is 0.238 e. The maximum atomic E-state index is 12.9. The number of nitrogens with two attached hydrogens (primary N) is 1. The lowest BCUT2D eigenvalue weighted by Gasteiger charge is -2.34. The molecule has 130 valence electrons. The normalized spacial score (nSPS) is 21.9. The lowest BCUT2D eigenvalue weighted by atomic mass is 9.86. The Balaban J connectivity index is 1.94. The van der Waals surface area contributed by atoms with Crippen LogP contribution in [0.4, 0.5) is 11.4 Å². The Morgan fingerprint density at radius 1 is 1.38 bits per heavy atom. The van der Waals surface area contributed by atoms with Crippen LogP contribution in [0.2, 0.25) is 0 Å². The molecule has 0 saturated carbocycles. The summed E-state index contributed by atoms with van der Waals surface area (Å²) in [4.78, 5) is 14.8. The summed E-state index contributed by atoms with van der Waals surface area (Å²) in [5, 5.41) is 7.91. The highest BCUT2D eigenvalue weighted by Gasteiger charge is 2.43. The molecule has 6 nitrogen and oxygen atoms in total. The standard InChI is InChI=1S/C18H27N5O/c1-3-4-9-20-13-6-7-15-14(11-13)17-16(12(2)21-22-17)18(24)23(15)10-5-8-19/h6-7,11-12,16,20-21H,3-5,8-10,19H2,1-2H3. The number of fused-ring (bicyclic) bond motifs is 3. The van der Waals surface area contributed by atoms with Gasteiger partial charge in [-0.15, -0.1) is 0 Å². The number of carbonyl (C=O) groups is 1. The van der Waals surface area contributed by atoms with Crippen LogP contribution < -0.4 is 21.4 Å². The number of hydrogen-bond donors (Lipinski definition) is 3. The molecule has 2 unspecified atom stereocenters. The van der Waals surface area contributed by atoms with Crippen LogP contribution in [0.15, 0.2) is 23.3 Å². The number of hydrazone groups is 1. The lowest BCUT2D eigenvalue weighted by Crippen LogP contribution is -2.48. The zero-order chi connectivity index (χ0) is 17.1. The van der Waals surface area contributed by atoms with E-state index in [0.717, 1.165) is 48.5 Å². The van der Waals surface area contributed by atoms with Gasteiger partial charge in [-0.2, -0.15) is 5.10 Å². The first-order chi connectivity index (χ1) is 11.7. The van der Waals surface area contributed by atoms with Gasteiger partial charge >= 0.3 is 0 Å². The van der Waals surface area contributed by atoms with Gasteiger partial charge in [-0.25, -0.2) is 0 Å². The number of hydrogen-bond acceptors (Lipinski definition) is 5. The molecule has 2 aliphatic rings. The third kappa shape index (κ3) is 2.98. The van der Waals surface area contributed by atoms with Crippen molar-refractivity contribution in [1.29, 1.82) is 0 Å². The quantitative estimate of drug-likeness (QED) is 0.667. The van der Waals surface area contributed by atoms with Gasteiger partial charge in [-0.3, -0.25) is 4.79 Å².